The first-order chi connectivity index (χ1) is 15.6. The zero-order chi connectivity index (χ0) is 24.2. The van der Waals surface area contributed by atoms with Gasteiger partial charge in [-0.1, -0.05) is 0 Å². The molecule has 0 atom stereocenters. The number of pyridine rings is 1. The Morgan fingerprint density at radius 1 is 1.12 bits per heavy atom. The van der Waals surface area contributed by atoms with Gasteiger partial charge in [-0.2, -0.15) is 0 Å². The molecule has 0 bridgehead atoms. The fourth-order valence-corrected chi connectivity index (χ4v) is 3.13. The molecule has 174 valence electrons. The highest BCUT2D eigenvalue weighted by Crippen LogP contribution is 2.33. The van der Waals surface area contributed by atoms with Crippen LogP contribution in [0.1, 0.15) is 31.5 Å². The standard InChI is InChI=1S/C23H26N4O6/c1-23(2,3)27(22(29)30)11-12-32-16-8-5-14(6-9-16)19-18(26-21(33-19)20(24)28)15-7-10-17(31-4)25-13-15/h5-10,13H,11-12H2,1-4H3,(H2,24,28)(H,29,30). The van der Waals surface area contributed by atoms with E-state index < -0.39 is 17.5 Å². The number of nitrogens with two attached hydrogens (primary N) is 1. The third kappa shape index (κ3) is 5.59. The second kappa shape index (κ2) is 9.60. The molecule has 0 aliphatic heterocycles. The first-order valence-electron chi connectivity index (χ1n) is 10.1. The van der Waals surface area contributed by atoms with Crippen molar-refractivity contribution < 1.29 is 28.6 Å². The van der Waals surface area contributed by atoms with Crippen LogP contribution in [-0.2, 0) is 0 Å². The zero-order valence-corrected chi connectivity index (χ0v) is 18.9. The molecule has 2 aromatic heterocycles. The highest BCUT2D eigenvalue weighted by atomic mass is 16.5. The molecular formula is C23H26N4O6. The van der Waals surface area contributed by atoms with Gasteiger partial charge < -0.3 is 29.6 Å². The Hall–Kier alpha value is -4.08. The van der Waals surface area contributed by atoms with E-state index in [0.717, 1.165) is 0 Å². The third-order valence-electron chi connectivity index (χ3n) is 4.80. The van der Waals surface area contributed by atoms with Crippen LogP contribution in [-0.4, -0.2) is 57.8 Å². The number of primary amides is 1. The minimum atomic E-state index is -1.00. The van der Waals surface area contributed by atoms with Crippen molar-refractivity contribution in [1.29, 1.82) is 0 Å². The van der Waals surface area contributed by atoms with Gasteiger partial charge in [0.05, 0.1) is 13.7 Å². The Bertz CT molecular complexity index is 1120. The Labute approximate surface area is 191 Å². The molecule has 0 radical (unpaired) electrons. The summed E-state index contributed by atoms with van der Waals surface area (Å²) in [6.45, 7) is 5.88. The summed E-state index contributed by atoms with van der Waals surface area (Å²) in [4.78, 5) is 32.8. The molecule has 0 unspecified atom stereocenters. The summed E-state index contributed by atoms with van der Waals surface area (Å²) in [5.74, 6) is 0.346. The maximum atomic E-state index is 11.6. The van der Waals surface area contributed by atoms with E-state index in [9.17, 15) is 14.7 Å². The molecule has 0 aliphatic carbocycles. The van der Waals surface area contributed by atoms with Crippen molar-refractivity contribution in [1.82, 2.24) is 14.9 Å². The Morgan fingerprint density at radius 3 is 2.30 bits per heavy atom. The van der Waals surface area contributed by atoms with Gasteiger partial charge in [-0.3, -0.25) is 4.79 Å². The summed E-state index contributed by atoms with van der Waals surface area (Å²) in [7, 11) is 1.51. The minimum Gasteiger partial charge on any atom is -0.492 e. The molecule has 10 nitrogen and oxygen atoms in total. The van der Waals surface area contributed by atoms with Crippen molar-refractivity contribution >= 4 is 12.0 Å². The summed E-state index contributed by atoms with van der Waals surface area (Å²) in [5, 5.41) is 9.37. The minimum absolute atomic E-state index is 0.194. The predicted octanol–water partition coefficient (Wildman–Crippen LogP) is 3.67. The van der Waals surface area contributed by atoms with Crippen LogP contribution in [0.25, 0.3) is 22.6 Å². The molecule has 0 saturated heterocycles. The highest BCUT2D eigenvalue weighted by Gasteiger charge is 2.25. The number of hydrogen-bond donors (Lipinski definition) is 2. The van der Waals surface area contributed by atoms with E-state index in [-0.39, 0.29) is 19.0 Å². The van der Waals surface area contributed by atoms with E-state index in [1.165, 1.54) is 12.0 Å². The third-order valence-corrected chi connectivity index (χ3v) is 4.80. The number of carboxylic acid groups (broad SMARTS) is 1. The lowest BCUT2D eigenvalue weighted by Crippen LogP contribution is -2.46. The predicted molar refractivity (Wildman–Crippen MR) is 120 cm³/mol. The van der Waals surface area contributed by atoms with Crippen molar-refractivity contribution in [2.75, 3.05) is 20.3 Å². The molecule has 3 rings (SSSR count). The lowest BCUT2D eigenvalue weighted by molar-refractivity contribution is 0.0891. The van der Waals surface area contributed by atoms with E-state index in [0.29, 0.717) is 34.2 Å². The first-order valence-corrected chi connectivity index (χ1v) is 10.1. The average molecular weight is 454 g/mol. The van der Waals surface area contributed by atoms with Crippen LogP contribution in [0.5, 0.6) is 11.6 Å². The van der Waals surface area contributed by atoms with Gasteiger partial charge in [0.15, 0.2) is 5.76 Å². The van der Waals surface area contributed by atoms with Gasteiger partial charge in [-0.25, -0.2) is 14.8 Å². The highest BCUT2D eigenvalue weighted by molar-refractivity contribution is 5.90. The average Bonchev–Trinajstić information content (AvgIpc) is 3.22. The first kappa shape index (κ1) is 23.6. The van der Waals surface area contributed by atoms with Crippen LogP contribution in [0.15, 0.2) is 47.0 Å². The van der Waals surface area contributed by atoms with Gasteiger partial charge in [0.2, 0.25) is 5.88 Å². The maximum Gasteiger partial charge on any atom is 0.407 e. The van der Waals surface area contributed by atoms with Crippen LogP contribution in [0.4, 0.5) is 4.79 Å². The largest absolute Gasteiger partial charge is 0.492 e. The van der Waals surface area contributed by atoms with Gasteiger partial charge in [-0.05, 0) is 51.1 Å². The van der Waals surface area contributed by atoms with E-state index in [1.807, 2.05) is 20.8 Å². The number of methoxy groups -OCH3 is 1. The van der Waals surface area contributed by atoms with Crippen LogP contribution in [0, 0.1) is 0 Å². The van der Waals surface area contributed by atoms with Crippen molar-refractivity contribution in [3.05, 3.63) is 48.5 Å². The van der Waals surface area contributed by atoms with E-state index in [4.69, 9.17) is 19.6 Å². The number of hydrogen-bond acceptors (Lipinski definition) is 7. The lowest BCUT2D eigenvalue weighted by Gasteiger charge is -2.32. The molecule has 0 fully saturated rings. The summed E-state index contributed by atoms with van der Waals surface area (Å²) in [6.07, 6.45) is 0.559. The summed E-state index contributed by atoms with van der Waals surface area (Å²) in [6, 6.07) is 10.4. The number of oxazole rings is 1. The number of carbonyl (C=O) groups excluding carboxylic acids is 1. The molecule has 0 spiro atoms. The maximum absolute atomic E-state index is 11.6. The van der Waals surface area contributed by atoms with Crippen LogP contribution in [0.2, 0.25) is 0 Å². The number of benzene rings is 1. The quantitative estimate of drug-likeness (QED) is 0.525. The molecule has 33 heavy (non-hydrogen) atoms. The molecule has 1 aromatic carbocycles. The molecular weight excluding hydrogens is 428 g/mol. The summed E-state index contributed by atoms with van der Waals surface area (Å²) >= 11 is 0. The number of rotatable bonds is 8. The molecule has 2 heterocycles. The van der Waals surface area contributed by atoms with E-state index >= 15 is 0 Å². The molecule has 2 amide bonds. The molecule has 0 saturated carbocycles. The SMILES string of the molecule is COc1ccc(-c2nc(C(N)=O)oc2-c2ccc(OCCN(C(=O)O)C(C)(C)C)cc2)cn1. The van der Waals surface area contributed by atoms with Gasteiger partial charge in [0.1, 0.15) is 18.1 Å². The Balaban J connectivity index is 1.80. The summed E-state index contributed by atoms with van der Waals surface area (Å²) < 4.78 is 16.4. The number of amides is 2. The zero-order valence-electron chi connectivity index (χ0n) is 18.9. The van der Waals surface area contributed by atoms with Gasteiger partial charge >= 0.3 is 12.0 Å². The van der Waals surface area contributed by atoms with Crippen LogP contribution >= 0.6 is 0 Å². The van der Waals surface area contributed by atoms with Gasteiger partial charge in [0.25, 0.3) is 5.89 Å². The number of nitrogens with zero attached hydrogens (tertiary/aromatic N) is 3. The van der Waals surface area contributed by atoms with Gasteiger partial charge in [-0.15, -0.1) is 0 Å². The molecule has 0 aliphatic rings. The van der Waals surface area contributed by atoms with Gasteiger partial charge in [0, 0.05) is 28.9 Å². The Kier molecular flexibility index (Phi) is 6.86. The van der Waals surface area contributed by atoms with Crippen molar-refractivity contribution in [2.45, 2.75) is 26.3 Å². The monoisotopic (exact) mass is 454 g/mol. The second-order valence-electron chi connectivity index (χ2n) is 8.13. The number of aromatic nitrogens is 2. The smallest absolute Gasteiger partial charge is 0.407 e. The van der Waals surface area contributed by atoms with E-state index in [2.05, 4.69) is 9.97 Å². The number of ether oxygens (including phenoxy) is 2. The number of carbonyl (C=O) groups is 2. The molecule has 10 heteroatoms. The van der Waals surface area contributed by atoms with Crippen molar-refractivity contribution in [2.24, 2.45) is 5.73 Å². The van der Waals surface area contributed by atoms with Crippen molar-refractivity contribution in [3.8, 4) is 34.2 Å². The lowest BCUT2D eigenvalue weighted by atomic mass is 10.1. The van der Waals surface area contributed by atoms with Crippen molar-refractivity contribution in [3.63, 3.8) is 0 Å². The van der Waals surface area contributed by atoms with Crippen LogP contribution in [0.3, 0.4) is 0 Å². The normalized spacial score (nSPS) is 11.2. The second-order valence-corrected chi connectivity index (χ2v) is 8.13. The summed E-state index contributed by atoms with van der Waals surface area (Å²) in [5.41, 5.74) is 6.51. The molecule has 3 N–H and O–H groups in total. The molecule has 3 aromatic rings. The topological polar surface area (TPSA) is 141 Å². The fourth-order valence-electron chi connectivity index (χ4n) is 3.13. The van der Waals surface area contributed by atoms with Crippen LogP contribution < -0.4 is 15.2 Å². The Morgan fingerprint density at radius 2 is 1.79 bits per heavy atom. The fraction of sp³-hybridized carbons (Fsp3) is 0.304. The van der Waals surface area contributed by atoms with E-state index in [1.54, 1.807) is 42.6 Å².